The van der Waals surface area contributed by atoms with Crippen molar-refractivity contribution in [1.82, 2.24) is 25.6 Å². The minimum atomic E-state index is -0.844. The molecule has 1 saturated heterocycles. The number of anilines is 1. The summed E-state index contributed by atoms with van der Waals surface area (Å²) in [4.78, 5) is 48.0. The Bertz CT molecular complexity index is 1110. The van der Waals surface area contributed by atoms with Crippen molar-refractivity contribution < 1.29 is 19.1 Å². The highest BCUT2D eigenvalue weighted by atomic mass is 16.6. The monoisotopic (exact) mass is 472 g/mol. The van der Waals surface area contributed by atoms with Crippen molar-refractivity contribution in [1.29, 1.82) is 0 Å². The Morgan fingerprint density at radius 3 is 2.59 bits per heavy atom. The highest BCUT2D eigenvalue weighted by molar-refractivity contribution is 5.99. The Morgan fingerprint density at radius 2 is 1.88 bits per heavy atom. The predicted molar refractivity (Wildman–Crippen MR) is 126 cm³/mol. The number of carbonyl (C=O) groups excluding carboxylic acids is 3. The highest BCUT2D eigenvalue weighted by Gasteiger charge is 2.30. The first-order valence-electron chi connectivity index (χ1n) is 11.6. The minimum Gasteiger partial charge on any atom is -0.444 e. The molecule has 2 heterocycles. The molecule has 0 aliphatic carbocycles. The van der Waals surface area contributed by atoms with Crippen LogP contribution in [0.4, 0.5) is 10.5 Å². The summed E-state index contributed by atoms with van der Waals surface area (Å²) in [5.41, 5.74) is 0.305. The zero-order chi connectivity index (χ0) is 24.7. The number of nitrogens with one attached hydrogen (secondary N) is 3. The lowest BCUT2D eigenvalue weighted by molar-refractivity contribution is -0.136. The third-order valence-electron chi connectivity index (χ3n) is 5.29. The van der Waals surface area contributed by atoms with Crippen LogP contribution in [0.25, 0.3) is 10.9 Å². The number of unbranched alkanes of at least 4 members (excludes halogenated alkanes) is 3. The first kappa shape index (κ1) is 25.1. The quantitative estimate of drug-likeness (QED) is 0.372. The Balaban J connectivity index is 1.46. The Morgan fingerprint density at radius 1 is 1.15 bits per heavy atom. The Hall–Kier alpha value is -3.50. The van der Waals surface area contributed by atoms with Crippen LogP contribution in [-0.2, 0) is 14.3 Å². The second-order valence-corrected chi connectivity index (χ2v) is 9.31. The predicted octanol–water partition coefficient (Wildman–Crippen LogP) is 2.27. The second kappa shape index (κ2) is 11.1. The molecule has 3 rings (SSSR count). The molecular weight excluding hydrogens is 440 g/mol. The van der Waals surface area contributed by atoms with Crippen LogP contribution in [0.1, 0.15) is 65.3 Å². The van der Waals surface area contributed by atoms with Crippen LogP contribution in [0.2, 0.25) is 0 Å². The van der Waals surface area contributed by atoms with Crippen molar-refractivity contribution in [2.75, 3.05) is 18.4 Å². The molecule has 0 radical (unpaired) electrons. The fourth-order valence-corrected chi connectivity index (χ4v) is 3.63. The van der Waals surface area contributed by atoms with Crippen molar-refractivity contribution in [2.45, 2.75) is 70.9 Å². The number of hydrogen-bond donors (Lipinski definition) is 3. The van der Waals surface area contributed by atoms with Gasteiger partial charge in [-0.25, -0.2) is 4.79 Å². The molecule has 3 N–H and O–H groups in total. The van der Waals surface area contributed by atoms with Gasteiger partial charge in [0.25, 0.3) is 11.5 Å². The van der Waals surface area contributed by atoms with E-state index < -0.39 is 29.2 Å². The number of amides is 3. The number of carbonyl (C=O) groups is 3. The number of rotatable bonds is 9. The number of hydrogen-bond acceptors (Lipinski definition) is 8. The fourth-order valence-electron chi connectivity index (χ4n) is 3.63. The summed E-state index contributed by atoms with van der Waals surface area (Å²) in [7, 11) is 0. The van der Waals surface area contributed by atoms with Crippen LogP contribution in [-0.4, -0.2) is 51.6 Å². The molecule has 1 aromatic carbocycles. The standard InChI is InChI=1S/C23H32N6O5/c1-23(2,3)34-22(33)25-13-7-5-4-6-12-24-15-8-9-17-16(14-15)21(32)29(28-27-17)18-10-11-19(30)26-20(18)31/h8-9,14,18,24H,4-7,10-13H2,1-3H3,(H,25,33)(H,26,30,31). The van der Waals surface area contributed by atoms with Gasteiger partial charge in [-0.2, -0.15) is 4.68 Å². The highest BCUT2D eigenvalue weighted by Crippen LogP contribution is 2.18. The van der Waals surface area contributed by atoms with Crippen LogP contribution in [0.5, 0.6) is 0 Å². The van der Waals surface area contributed by atoms with E-state index in [1.165, 1.54) is 0 Å². The van der Waals surface area contributed by atoms with Gasteiger partial charge in [0.05, 0.1) is 5.39 Å². The van der Waals surface area contributed by atoms with E-state index in [-0.39, 0.29) is 18.7 Å². The molecule has 1 aromatic heterocycles. The molecule has 0 spiro atoms. The Labute approximate surface area is 197 Å². The molecule has 11 nitrogen and oxygen atoms in total. The van der Waals surface area contributed by atoms with Crippen molar-refractivity contribution in [2.24, 2.45) is 0 Å². The van der Waals surface area contributed by atoms with Gasteiger partial charge < -0.3 is 15.4 Å². The maximum Gasteiger partial charge on any atom is 0.407 e. The Kier molecular flexibility index (Phi) is 8.19. The molecule has 2 aromatic rings. The molecule has 1 fully saturated rings. The average molecular weight is 473 g/mol. The van der Waals surface area contributed by atoms with Gasteiger partial charge in [0.2, 0.25) is 5.91 Å². The number of alkyl carbamates (subject to hydrolysis) is 1. The van der Waals surface area contributed by atoms with E-state index in [2.05, 4.69) is 26.3 Å². The molecular formula is C23H32N6O5. The van der Waals surface area contributed by atoms with Gasteiger partial charge in [-0.05, 0) is 58.2 Å². The molecule has 1 aliphatic heterocycles. The number of imide groups is 1. The van der Waals surface area contributed by atoms with E-state index in [4.69, 9.17) is 4.74 Å². The summed E-state index contributed by atoms with van der Waals surface area (Å²) in [6.07, 6.45) is 3.74. The maximum absolute atomic E-state index is 12.9. The van der Waals surface area contributed by atoms with Crippen LogP contribution in [0.3, 0.4) is 0 Å². The lowest BCUT2D eigenvalue weighted by Gasteiger charge is -2.21. The van der Waals surface area contributed by atoms with Gasteiger partial charge in [-0.15, -0.1) is 5.10 Å². The van der Waals surface area contributed by atoms with E-state index in [1.54, 1.807) is 12.1 Å². The number of piperidine rings is 1. The third-order valence-corrected chi connectivity index (χ3v) is 5.29. The van der Waals surface area contributed by atoms with Crippen molar-refractivity contribution in [3.8, 4) is 0 Å². The SMILES string of the molecule is CC(C)(C)OC(=O)NCCCCCCNc1ccc2nnn(C3CCC(=O)NC3=O)c(=O)c2c1. The summed E-state index contributed by atoms with van der Waals surface area (Å²) in [6.45, 7) is 6.79. The zero-order valence-corrected chi connectivity index (χ0v) is 19.8. The van der Waals surface area contributed by atoms with Crippen LogP contribution in [0.15, 0.2) is 23.0 Å². The summed E-state index contributed by atoms with van der Waals surface area (Å²) >= 11 is 0. The number of aromatic nitrogens is 3. The van der Waals surface area contributed by atoms with Gasteiger partial charge in [0.1, 0.15) is 17.2 Å². The first-order valence-corrected chi connectivity index (χ1v) is 11.6. The third kappa shape index (κ3) is 7.00. The minimum absolute atomic E-state index is 0.154. The normalized spacial score (nSPS) is 16.3. The molecule has 1 aliphatic rings. The van der Waals surface area contributed by atoms with Gasteiger partial charge in [0, 0.05) is 25.2 Å². The molecule has 1 unspecified atom stereocenters. The van der Waals surface area contributed by atoms with Gasteiger partial charge >= 0.3 is 6.09 Å². The first-order chi connectivity index (χ1) is 16.1. The van der Waals surface area contributed by atoms with E-state index in [9.17, 15) is 19.2 Å². The van der Waals surface area contributed by atoms with Crippen LogP contribution in [0, 0.1) is 0 Å². The molecule has 184 valence electrons. The molecule has 0 bridgehead atoms. The summed E-state index contributed by atoms with van der Waals surface area (Å²) in [5, 5.41) is 16.6. The largest absolute Gasteiger partial charge is 0.444 e. The van der Waals surface area contributed by atoms with Crippen LogP contribution >= 0.6 is 0 Å². The van der Waals surface area contributed by atoms with E-state index in [1.807, 2.05) is 26.8 Å². The van der Waals surface area contributed by atoms with Gasteiger partial charge in [0.15, 0.2) is 0 Å². The molecule has 0 saturated carbocycles. The molecule has 11 heteroatoms. The average Bonchev–Trinajstić information content (AvgIpc) is 2.75. The smallest absolute Gasteiger partial charge is 0.407 e. The summed E-state index contributed by atoms with van der Waals surface area (Å²) in [5.74, 6) is -0.892. The molecule has 34 heavy (non-hydrogen) atoms. The summed E-state index contributed by atoms with van der Waals surface area (Å²) < 4.78 is 6.25. The van der Waals surface area contributed by atoms with Gasteiger partial charge in [-0.3, -0.25) is 19.7 Å². The van der Waals surface area contributed by atoms with Gasteiger partial charge in [-0.1, -0.05) is 18.1 Å². The lowest BCUT2D eigenvalue weighted by atomic mass is 10.1. The number of benzene rings is 1. The topological polar surface area (TPSA) is 144 Å². The van der Waals surface area contributed by atoms with E-state index in [0.717, 1.165) is 42.6 Å². The lowest BCUT2D eigenvalue weighted by Crippen LogP contribution is -2.45. The van der Waals surface area contributed by atoms with E-state index >= 15 is 0 Å². The summed E-state index contributed by atoms with van der Waals surface area (Å²) in [6, 6.07) is 4.41. The zero-order valence-electron chi connectivity index (χ0n) is 19.8. The molecule has 3 amide bonds. The van der Waals surface area contributed by atoms with E-state index in [0.29, 0.717) is 17.4 Å². The maximum atomic E-state index is 12.9. The molecule has 1 atom stereocenters. The fraction of sp³-hybridized carbons (Fsp3) is 0.565. The van der Waals surface area contributed by atoms with Crippen LogP contribution < -0.4 is 21.5 Å². The van der Waals surface area contributed by atoms with Crippen molar-refractivity contribution in [3.63, 3.8) is 0 Å². The number of nitrogens with zero attached hydrogens (tertiary/aromatic N) is 3. The number of fused-ring (bicyclic) bond motifs is 1. The second-order valence-electron chi connectivity index (χ2n) is 9.31. The van der Waals surface area contributed by atoms with Crippen molar-refractivity contribution >= 4 is 34.5 Å². The van der Waals surface area contributed by atoms with Crippen molar-refractivity contribution in [3.05, 3.63) is 28.6 Å². The number of ether oxygens (including phenoxy) is 1.